The van der Waals surface area contributed by atoms with Gasteiger partial charge in [0.25, 0.3) is 5.91 Å². The van der Waals surface area contributed by atoms with Crippen molar-refractivity contribution in [2.24, 2.45) is 5.41 Å². The van der Waals surface area contributed by atoms with Crippen molar-refractivity contribution in [3.63, 3.8) is 0 Å². The minimum atomic E-state index is -0.915. The molecule has 0 aliphatic carbocycles. The number of hydrogen-bond donors (Lipinski definition) is 2. The first-order chi connectivity index (χ1) is 21.7. The molecule has 0 saturated carbocycles. The van der Waals surface area contributed by atoms with E-state index in [1.165, 1.54) is 30.6 Å². The predicted octanol–water partition coefficient (Wildman–Crippen LogP) is 5.89. The Bertz CT molecular complexity index is 1520. The molecule has 1 amide bonds. The highest BCUT2D eigenvalue weighted by molar-refractivity contribution is 6.31. The third kappa shape index (κ3) is 8.86. The van der Waals surface area contributed by atoms with Crippen LogP contribution < -0.4 is 15.4 Å². The molecular weight excluding hydrogens is 608 g/mol. The van der Waals surface area contributed by atoms with Gasteiger partial charge in [-0.25, -0.2) is 18.7 Å². The van der Waals surface area contributed by atoms with Crippen LogP contribution in [0.25, 0.3) is 10.9 Å². The molecule has 5 rings (SSSR count). The summed E-state index contributed by atoms with van der Waals surface area (Å²) < 4.78 is 51.6. The lowest BCUT2D eigenvalue weighted by Gasteiger charge is -2.37. The number of rotatable bonds is 15. The zero-order valence-corrected chi connectivity index (χ0v) is 26.2. The van der Waals surface area contributed by atoms with E-state index >= 15 is 4.39 Å². The van der Waals surface area contributed by atoms with Crippen LogP contribution >= 0.6 is 11.6 Å². The van der Waals surface area contributed by atoms with E-state index in [1.807, 2.05) is 11.8 Å². The number of hydrogen-bond acceptors (Lipinski definition) is 9. The summed E-state index contributed by atoms with van der Waals surface area (Å²) in [5.41, 5.74) is 1.08. The lowest BCUT2D eigenvalue weighted by Crippen LogP contribution is -2.44. The molecule has 0 spiro atoms. The van der Waals surface area contributed by atoms with Crippen molar-refractivity contribution in [1.82, 2.24) is 14.9 Å². The van der Waals surface area contributed by atoms with Gasteiger partial charge in [-0.1, -0.05) is 25.4 Å². The summed E-state index contributed by atoms with van der Waals surface area (Å²) in [5.74, 6) is -1.67. The molecule has 3 heterocycles. The summed E-state index contributed by atoms with van der Waals surface area (Å²) in [4.78, 5) is 23.7. The van der Waals surface area contributed by atoms with E-state index in [0.29, 0.717) is 74.3 Å². The fourth-order valence-electron chi connectivity index (χ4n) is 5.00. The number of ether oxygens (including phenoxy) is 4. The maximum atomic E-state index is 15.1. The van der Waals surface area contributed by atoms with Crippen LogP contribution in [0.15, 0.2) is 48.6 Å². The van der Waals surface area contributed by atoms with Crippen molar-refractivity contribution >= 4 is 45.6 Å². The number of amides is 1. The Labute approximate surface area is 266 Å². The van der Waals surface area contributed by atoms with Gasteiger partial charge in [-0.3, -0.25) is 9.69 Å². The third-order valence-electron chi connectivity index (χ3n) is 7.55. The van der Waals surface area contributed by atoms with Crippen LogP contribution in [0.2, 0.25) is 5.02 Å². The Hall–Kier alpha value is -3.42. The summed E-state index contributed by atoms with van der Waals surface area (Å²) >= 11 is 5.95. The molecule has 1 aromatic heterocycles. The standard InChI is InChI=1S/C32H38ClF2N5O5/c1-3-10-42-11-12-44-22-6-8-40(16-22)9-7-26(35)31(41)39-28-14-23-27(15-29(28)45-19-32(2)17-43-18-32)36-20-37-30(23)38-21-4-5-25(34)24(33)13-21/h4-5,7,13-15,20,22H,3,6,8-12,16-19H2,1-2H3,(H,39,41)(H,36,37,38)/b26-7-/t22-/m1/s1. The molecule has 2 aromatic carbocycles. The molecule has 2 N–H and O–H groups in total. The molecule has 1 atom stereocenters. The van der Waals surface area contributed by atoms with Gasteiger partial charge in [0.2, 0.25) is 0 Å². The van der Waals surface area contributed by atoms with Crippen molar-refractivity contribution in [1.29, 1.82) is 0 Å². The number of nitrogens with one attached hydrogen (secondary N) is 2. The van der Waals surface area contributed by atoms with E-state index < -0.39 is 17.6 Å². The highest BCUT2D eigenvalue weighted by Crippen LogP contribution is 2.36. The summed E-state index contributed by atoms with van der Waals surface area (Å²) in [5, 5.41) is 6.24. The molecule has 0 bridgehead atoms. The first kappa shape index (κ1) is 33.0. The van der Waals surface area contributed by atoms with Crippen molar-refractivity contribution in [3.05, 3.63) is 59.4 Å². The van der Waals surface area contributed by atoms with Crippen LogP contribution in [0.3, 0.4) is 0 Å². The molecule has 10 nitrogen and oxygen atoms in total. The Morgan fingerprint density at radius 3 is 2.82 bits per heavy atom. The molecule has 2 fully saturated rings. The Morgan fingerprint density at radius 2 is 2.07 bits per heavy atom. The second-order valence-corrected chi connectivity index (χ2v) is 12.0. The third-order valence-corrected chi connectivity index (χ3v) is 7.84. The molecule has 242 valence electrons. The minimum Gasteiger partial charge on any atom is -0.491 e. The number of carbonyl (C=O) groups excluding carboxylic acids is 1. The Balaban J connectivity index is 1.29. The van der Waals surface area contributed by atoms with Crippen molar-refractivity contribution in [2.75, 3.05) is 69.9 Å². The summed E-state index contributed by atoms with van der Waals surface area (Å²) in [6, 6.07) is 7.48. The van der Waals surface area contributed by atoms with Gasteiger partial charge in [0, 0.05) is 48.8 Å². The summed E-state index contributed by atoms with van der Waals surface area (Å²) in [7, 11) is 0. The lowest BCUT2D eigenvalue weighted by atomic mass is 9.90. The van der Waals surface area contributed by atoms with Gasteiger partial charge in [-0.05, 0) is 43.2 Å². The van der Waals surface area contributed by atoms with Crippen LogP contribution in [-0.4, -0.2) is 86.2 Å². The normalized spacial score (nSPS) is 18.2. The molecule has 2 aliphatic rings. The Morgan fingerprint density at radius 1 is 1.22 bits per heavy atom. The van der Waals surface area contributed by atoms with Crippen molar-refractivity contribution < 1.29 is 32.5 Å². The Kier molecular flexibility index (Phi) is 11.2. The van der Waals surface area contributed by atoms with Gasteiger partial charge in [-0.15, -0.1) is 0 Å². The van der Waals surface area contributed by atoms with E-state index in [4.69, 9.17) is 30.5 Å². The quantitative estimate of drug-likeness (QED) is 0.155. The average Bonchev–Trinajstić information content (AvgIpc) is 3.47. The lowest BCUT2D eigenvalue weighted by molar-refractivity contribution is -0.120. The maximum absolute atomic E-state index is 15.1. The topological polar surface area (TPSA) is 107 Å². The van der Waals surface area contributed by atoms with E-state index in [0.717, 1.165) is 19.4 Å². The van der Waals surface area contributed by atoms with Crippen LogP contribution in [0.1, 0.15) is 26.7 Å². The van der Waals surface area contributed by atoms with Crippen LogP contribution in [-0.2, 0) is 19.0 Å². The number of halogens is 3. The van der Waals surface area contributed by atoms with Gasteiger partial charge in [0.05, 0.1) is 55.4 Å². The van der Waals surface area contributed by atoms with Gasteiger partial charge in [-0.2, -0.15) is 0 Å². The fourth-order valence-corrected chi connectivity index (χ4v) is 5.18. The first-order valence-electron chi connectivity index (χ1n) is 15.0. The number of fused-ring (bicyclic) bond motifs is 1. The smallest absolute Gasteiger partial charge is 0.284 e. The minimum absolute atomic E-state index is 0.0493. The van der Waals surface area contributed by atoms with Crippen LogP contribution in [0.4, 0.5) is 26.0 Å². The van der Waals surface area contributed by atoms with Gasteiger partial charge in [0.15, 0.2) is 5.83 Å². The number of benzene rings is 2. The highest BCUT2D eigenvalue weighted by atomic mass is 35.5. The second-order valence-electron chi connectivity index (χ2n) is 11.6. The molecule has 0 radical (unpaired) electrons. The predicted molar refractivity (Wildman–Crippen MR) is 168 cm³/mol. The summed E-state index contributed by atoms with van der Waals surface area (Å²) in [6.45, 7) is 8.96. The SMILES string of the molecule is CCCOCCO[C@@H]1CCN(C/C=C(\F)C(=O)Nc2cc3c(Nc4ccc(F)c(Cl)c4)ncnc3cc2OCC2(C)COC2)C1. The van der Waals surface area contributed by atoms with Crippen LogP contribution in [0, 0.1) is 11.2 Å². The summed E-state index contributed by atoms with van der Waals surface area (Å²) in [6.07, 6.45) is 4.49. The van der Waals surface area contributed by atoms with E-state index in [1.54, 1.807) is 12.1 Å². The maximum Gasteiger partial charge on any atom is 0.284 e. The van der Waals surface area contributed by atoms with E-state index in [2.05, 4.69) is 27.5 Å². The number of nitrogens with zero attached hydrogens (tertiary/aromatic N) is 3. The number of likely N-dealkylation sites (tertiary alicyclic amines) is 1. The first-order valence-corrected chi connectivity index (χ1v) is 15.4. The molecule has 2 saturated heterocycles. The zero-order valence-electron chi connectivity index (χ0n) is 25.4. The van der Waals surface area contributed by atoms with E-state index in [-0.39, 0.29) is 28.8 Å². The number of carbonyl (C=O) groups is 1. The molecule has 2 aliphatic heterocycles. The molecule has 45 heavy (non-hydrogen) atoms. The highest BCUT2D eigenvalue weighted by Gasteiger charge is 2.34. The zero-order chi connectivity index (χ0) is 31.8. The van der Waals surface area contributed by atoms with Gasteiger partial charge >= 0.3 is 0 Å². The van der Waals surface area contributed by atoms with Crippen LogP contribution in [0.5, 0.6) is 5.75 Å². The van der Waals surface area contributed by atoms with E-state index in [9.17, 15) is 9.18 Å². The second kappa shape index (κ2) is 15.2. The van der Waals surface area contributed by atoms with Gasteiger partial charge in [0.1, 0.15) is 23.7 Å². The monoisotopic (exact) mass is 645 g/mol. The van der Waals surface area contributed by atoms with Crippen molar-refractivity contribution in [3.8, 4) is 5.75 Å². The largest absolute Gasteiger partial charge is 0.491 e. The van der Waals surface area contributed by atoms with Gasteiger partial charge < -0.3 is 29.6 Å². The number of aromatic nitrogens is 2. The molecule has 0 unspecified atom stereocenters. The number of anilines is 3. The molecular formula is C32H38ClF2N5O5. The fraction of sp³-hybridized carbons (Fsp3) is 0.469. The van der Waals surface area contributed by atoms with Crippen molar-refractivity contribution in [2.45, 2.75) is 32.8 Å². The molecule has 13 heteroatoms. The average molecular weight is 646 g/mol. The molecule has 3 aromatic rings.